The van der Waals surface area contributed by atoms with E-state index in [0.29, 0.717) is 23.9 Å². The van der Waals surface area contributed by atoms with Crippen LogP contribution in [0.3, 0.4) is 0 Å². The van der Waals surface area contributed by atoms with Crippen LogP contribution in [-0.4, -0.2) is 42.0 Å². The molecule has 0 bridgehead atoms. The van der Waals surface area contributed by atoms with E-state index in [9.17, 15) is 4.79 Å². The molecule has 2 aromatic heterocycles. The molecule has 1 amide bonds. The van der Waals surface area contributed by atoms with Gasteiger partial charge >= 0.3 is 0 Å². The molecule has 26 heavy (non-hydrogen) atoms. The van der Waals surface area contributed by atoms with Crippen molar-refractivity contribution in [3.63, 3.8) is 0 Å². The summed E-state index contributed by atoms with van der Waals surface area (Å²) in [4.78, 5) is 19.1. The lowest BCUT2D eigenvalue weighted by Crippen LogP contribution is -2.31. The van der Waals surface area contributed by atoms with Gasteiger partial charge in [0.15, 0.2) is 0 Å². The molecule has 140 valence electrons. The second kappa shape index (κ2) is 8.85. The topological polar surface area (TPSA) is 70.4 Å². The van der Waals surface area contributed by atoms with Crippen LogP contribution in [0.5, 0.6) is 0 Å². The number of furan rings is 1. The van der Waals surface area contributed by atoms with E-state index in [1.54, 1.807) is 18.5 Å². The lowest BCUT2D eigenvalue weighted by molar-refractivity contribution is 0.0947. The van der Waals surface area contributed by atoms with E-state index in [0.717, 1.165) is 44.2 Å². The molecular weight excluding hydrogens is 328 g/mol. The highest BCUT2D eigenvalue weighted by molar-refractivity contribution is 5.94. The number of carbonyl (C=O) groups excluding carboxylic acids is 1. The highest BCUT2D eigenvalue weighted by Gasteiger charge is 2.23. The molecule has 2 N–H and O–H groups in total. The Balaban J connectivity index is 1.42. The molecule has 1 aliphatic rings. The van der Waals surface area contributed by atoms with E-state index in [1.807, 2.05) is 18.2 Å². The van der Waals surface area contributed by atoms with E-state index in [4.69, 9.17) is 4.42 Å². The van der Waals surface area contributed by atoms with E-state index >= 15 is 0 Å². The van der Waals surface area contributed by atoms with Gasteiger partial charge in [0.2, 0.25) is 0 Å². The number of rotatable bonds is 8. The van der Waals surface area contributed by atoms with Crippen LogP contribution in [0.4, 0.5) is 5.82 Å². The Bertz CT molecular complexity index is 682. The second-order valence-electron chi connectivity index (χ2n) is 7.38. The summed E-state index contributed by atoms with van der Waals surface area (Å²) in [5.74, 6) is 2.74. The molecular formula is C20H28N4O2. The Hall–Kier alpha value is -2.34. The molecule has 1 fully saturated rings. The van der Waals surface area contributed by atoms with Crippen LogP contribution in [0.2, 0.25) is 0 Å². The number of nitrogens with one attached hydrogen (secondary N) is 2. The summed E-state index contributed by atoms with van der Waals surface area (Å²) in [6, 6.07) is 7.37. The average molecular weight is 356 g/mol. The van der Waals surface area contributed by atoms with Crippen LogP contribution in [0.15, 0.2) is 41.1 Å². The molecule has 0 saturated carbocycles. The van der Waals surface area contributed by atoms with Crippen LogP contribution in [0.1, 0.15) is 36.4 Å². The van der Waals surface area contributed by atoms with Gasteiger partial charge in [0.1, 0.15) is 11.6 Å². The Kier molecular flexibility index (Phi) is 6.28. The zero-order valence-corrected chi connectivity index (χ0v) is 15.6. The summed E-state index contributed by atoms with van der Waals surface area (Å²) in [6.07, 6.45) is 4.41. The Morgan fingerprint density at radius 2 is 2.27 bits per heavy atom. The molecule has 0 aliphatic carbocycles. The van der Waals surface area contributed by atoms with Crippen LogP contribution >= 0.6 is 0 Å². The number of hydrogen-bond donors (Lipinski definition) is 2. The second-order valence-corrected chi connectivity index (χ2v) is 7.38. The quantitative estimate of drug-likeness (QED) is 0.761. The van der Waals surface area contributed by atoms with Gasteiger partial charge in [-0.15, -0.1) is 0 Å². The molecule has 2 aromatic rings. The minimum Gasteiger partial charge on any atom is -0.467 e. The lowest BCUT2D eigenvalue weighted by Gasteiger charge is -2.18. The average Bonchev–Trinajstić information content (AvgIpc) is 3.30. The zero-order chi connectivity index (χ0) is 18.4. The zero-order valence-electron chi connectivity index (χ0n) is 15.6. The predicted octanol–water partition coefficient (Wildman–Crippen LogP) is 2.99. The first-order valence-electron chi connectivity index (χ1n) is 9.33. The molecule has 3 heterocycles. The van der Waals surface area contributed by atoms with Gasteiger partial charge in [0.05, 0.1) is 18.4 Å². The fraction of sp³-hybridized carbons (Fsp3) is 0.500. The third-order valence-electron chi connectivity index (χ3n) is 4.59. The van der Waals surface area contributed by atoms with Crippen LogP contribution in [-0.2, 0) is 6.54 Å². The van der Waals surface area contributed by atoms with Crippen LogP contribution in [0, 0.1) is 11.8 Å². The van der Waals surface area contributed by atoms with Crippen molar-refractivity contribution >= 4 is 11.7 Å². The van der Waals surface area contributed by atoms with Gasteiger partial charge in [-0.2, -0.15) is 0 Å². The Morgan fingerprint density at radius 1 is 1.38 bits per heavy atom. The maximum atomic E-state index is 12.3. The number of carbonyl (C=O) groups is 1. The summed E-state index contributed by atoms with van der Waals surface area (Å²) >= 11 is 0. The number of aromatic nitrogens is 1. The van der Waals surface area contributed by atoms with Gasteiger partial charge in [-0.1, -0.05) is 13.8 Å². The van der Waals surface area contributed by atoms with Crippen molar-refractivity contribution < 1.29 is 9.21 Å². The van der Waals surface area contributed by atoms with Gasteiger partial charge in [0.25, 0.3) is 5.91 Å². The molecule has 6 nitrogen and oxygen atoms in total. The van der Waals surface area contributed by atoms with E-state index in [1.165, 1.54) is 0 Å². The molecule has 0 spiro atoms. The van der Waals surface area contributed by atoms with Crippen molar-refractivity contribution in [1.29, 1.82) is 0 Å². The van der Waals surface area contributed by atoms with Gasteiger partial charge in [-0.25, -0.2) is 4.98 Å². The number of nitrogens with zero attached hydrogens (tertiary/aromatic N) is 2. The summed E-state index contributed by atoms with van der Waals surface area (Å²) < 4.78 is 5.27. The van der Waals surface area contributed by atoms with Crippen LogP contribution in [0.25, 0.3) is 0 Å². The minimum atomic E-state index is -0.0580. The summed E-state index contributed by atoms with van der Waals surface area (Å²) in [7, 11) is 0. The number of pyridine rings is 1. The molecule has 1 aliphatic heterocycles. The number of hydrogen-bond acceptors (Lipinski definition) is 5. The summed E-state index contributed by atoms with van der Waals surface area (Å²) in [5, 5.41) is 6.22. The van der Waals surface area contributed by atoms with E-state index in [-0.39, 0.29) is 5.91 Å². The smallest absolute Gasteiger partial charge is 0.252 e. The third-order valence-corrected chi connectivity index (χ3v) is 4.59. The lowest BCUT2D eigenvalue weighted by atomic mass is 10.1. The van der Waals surface area contributed by atoms with Crippen molar-refractivity contribution in [2.45, 2.75) is 26.8 Å². The molecule has 1 unspecified atom stereocenters. The first kappa shape index (κ1) is 18.5. The molecule has 0 radical (unpaired) electrons. The van der Waals surface area contributed by atoms with Crippen molar-refractivity contribution in [3.8, 4) is 0 Å². The van der Waals surface area contributed by atoms with E-state index < -0.39 is 0 Å². The standard InChI is InChI=1S/C20H28N4O2/c1-15(2)13-24-8-7-16(14-24)10-23-20(25)17-5-6-19(21-11-17)22-12-18-4-3-9-26-18/h3-6,9,11,15-16H,7-8,10,12-14H2,1-2H3,(H,21,22)(H,23,25). The van der Waals surface area contributed by atoms with Crippen LogP contribution < -0.4 is 10.6 Å². The normalized spacial score (nSPS) is 17.6. The van der Waals surface area contributed by atoms with Crippen molar-refractivity contribution in [1.82, 2.24) is 15.2 Å². The van der Waals surface area contributed by atoms with Crippen molar-refractivity contribution in [3.05, 3.63) is 48.0 Å². The minimum absolute atomic E-state index is 0.0580. The first-order valence-corrected chi connectivity index (χ1v) is 9.33. The maximum absolute atomic E-state index is 12.3. The maximum Gasteiger partial charge on any atom is 0.252 e. The number of anilines is 1. The number of amides is 1. The predicted molar refractivity (Wildman–Crippen MR) is 102 cm³/mol. The van der Waals surface area contributed by atoms with Gasteiger partial charge in [-0.3, -0.25) is 4.79 Å². The molecule has 6 heteroatoms. The molecule has 1 saturated heterocycles. The monoisotopic (exact) mass is 356 g/mol. The van der Waals surface area contributed by atoms with Gasteiger partial charge < -0.3 is 20.0 Å². The Labute approximate surface area is 155 Å². The highest BCUT2D eigenvalue weighted by Crippen LogP contribution is 2.17. The largest absolute Gasteiger partial charge is 0.467 e. The fourth-order valence-electron chi connectivity index (χ4n) is 3.32. The third kappa shape index (κ3) is 5.33. The summed E-state index contributed by atoms with van der Waals surface area (Å²) in [5.41, 5.74) is 0.589. The Morgan fingerprint density at radius 3 is 2.96 bits per heavy atom. The fourth-order valence-corrected chi connectivity index (χ4v) is 3.32. The number of likely N-dealkylation sites (tertiary alicyclic amines) is 1. The van der Waals surface area contributed by atoms with Gasteiger partial charge in [0, 0.05) is 25.8 Å². The highest BCUT2D eigenvalue weighted by atomic mass is 16.3. The van der Waals surface area contributed by atoms with Gasteiger partial charge in [-0.05, 0) is 49.1 Å². The molecule has 1 atom stereocenters. The van der Waals surface area contributed by atoms with Crippen molar-refractivity contribution in [2.24, 2.45) is 11.8 Å². The van der Waals surface area contributed by atoms with E-state index in [2.05, 4.69) is 34.4 Å². The summed E-state index contributed by atoms with van der Waals surface area (Å²) in [6.45, 7) is 9.14. The molecule has 0 aromatic carbocycles. The SMILES string of the molecule is CC(C)CN1CCC(CNC(=O)c2ccc(NCc3ccco3)nc2)C1. The molecule has 3 rings (SSSR count). The first-order chi connectivity index (χ1) is 12.6. The van der Waals surface area contributed by atoms with Crippen molar-refractivity contribution in [2.75, 3.05) is 31.5 Å².